The lowest BCUT2D eigenvalue weighted by atomic mass is 10.1. The van der Waals surface area contributed by atoms with E-state index in [2.05, 4.69) is 58.6 Å². The van der Waals surface area contributed by atoms with E-state index in [4.69, 9.17) is 0 Å². The van der Waals surface area contributed by atoms with Crippen molar-refractivity contribution < 1.29 is 4.79 Å². The molecule has 2 rings (SSSR count). The first-order valence-corrected chi connectivity index (χ1v) is 7.60. The number of nitrogens with zero attached hydrogens (tertiary/aromatic N) is 2. The minimum atomic E-state index is 0.0277. The lowest BCUT2D eigenvalue weighted by molar-refractivity contribution is -0.118. The molecule has 1 amide bonds. The summed E-state index contributed by atoms with van der Waals surface area (Å²) < 4.78 is 0. The van der Waals surface area contributed by atoms with Crippen LogP contribution in [0.2, 0.25) is 0 Å². The number of carbonyl (C=O) groups excluding carboxylic acids is 1. The van der Waals surface area contributed by atoms with Crippen LogP contribution in [0.1, 0.15) is 18.9 Å². The Hall–Kier alpha value is -1.81. The maximum Gasteiger partial charge on any atom is 0.216 e. The highest BCUT2D eigenvalue weighted by atomic mass is 16.1. The van der Waals surface area contributed by atoms with Crippen LogP contribution in [-0.2, 0) is 4.79 Å². The zero-order valence-electron chi connectivity index (χ0n) is 13.0. The zero-order chi connectivity index (χ0) is 15.1. The van der Waals surface area contributed by atoms with Gasteiger partial charge in [-0.2, -0.15) is 0 Å². The highest BCUT2D eigenvalue weighted by Gasteiger charge is 2.13. The quantitative estimate of drug-likeness (QED) is 0.841. The lowest BCUT2D eigenvalue weighted by Gasteiger charge is -2.34. The second-order valence-corrected chi connectivity index (χ2v) is 5.56. The van der Waals surface area contributed by atoms with Gasteiger partial charge in [0.2, 0.25) is 5.91 Å². The van der Waals surface area contributed by atoms with Crippen LogP contribution in [0.25, 0.3) is 6.08 Å². The Morgan fingerprint density at radius 2 is 1.86 bits per heavy atom. The maximum atomic E-state index is 10.7. The minimum Gasteiger partial charge on any atom is -0.369 e. The Labute approximate surface area is 127 Å². The first kappa shape index (κ1) is 15.6. The predicted molar refractivity (Wildman–Crippen MR) is 88.5 cm³/mol. The van der Waals surface area contributed by atoms with Crippen molar-refractivity contribution in [3.8, 4) is 0 Å². The van der Waals surface area contributed by atoms with Crippen molar-refractivity contribution in [3.63, 3.8) is 0 Å². The molecule has 0 spiro atoms. The molecule has 0 saturated carbocycles. The van der Waals surface area contributed by atoms with E-state index in [1.54, 1.807) is 6.92 Å². The van der Waals surface area contributed by atoms with E-state index in [0.717, 1.165) is 32.6 Å². The molecule has 0 bridgehead atoms. The Bertz CT molecular complexity index is 473. The molecule has 4 heteroatoms. The largest absolute Gasteiger partial charge is 0.369 e. The summed E-state index contributed by atoms with van der Waals surface area (Å²) in [6.45, 7) is 6.70. The van der Waals surface area contributed by atoms with E-state index in [9.17, 15) is 4.79 Å². The molecule has 1 aliphatic rings. The van der Waals surface area contributed by atoms with Crippen molar-refractivity contribution in [1.29, 1.82) is 0 Å². The van der Waals surface area contributed by atoms with Gasteiger partial charge in [0.25, 0.3) is 0 Å². The van der Waals surface area contributed by atoms with Crippen LogP contribution in [0.3, 0.4) is 0 Å². The molecule has 1 aliphatic heterocycles. The maximum absolute atomic E-state index is 10.7. The van der Waals surface area contributed by atoms with Gasteiger partial charge in [0, 0.05) is 45.3 Å². The summed E-state index contributed by atoms with van der Waals surface area (Å²) in [5.74, 6) is 0.0277. The highest BCUT2D eigenvalue weighted by molar-refractivity contribution is 5.72. The van der Waals surface area contributed by atoms with Gasteiger partial charge in [-0.3, -0.25) is 4.79 Å². The van der Waals surface area contributed by atoms with Crippen LogP contribution >= 0.6 is 0 Å². The molecule has 1 saturated heterocycles. The molecule has 0 unspecified atom stereocenters. The molecule has 4 nitrogen and oxygen atoms in total. The van der Waals surface area contributed by atoms with Crippen LogP contribution in [0, 0.1) is 0 Å². The molecule has 0 aromatic heterocycles. The van der Waals surface area contributed by atoms with E-state index < -0.39 is 0 Å². The second-order valence-electron chi connectivity index (χ2n) is 5.56. The summed E-state index contributed by atoms with van der Waals surface area (Å²) in [5.41, 5.74) is 2.51. The predicted octanol–water partition coefficient (Wildman–Crippen LogP) is 1.98. The number of benzene rings is 1. The number of piperazine rings is 1. The standard InChI is InChI=1S/C17H25N3O/c1-15(21)18-10-4-3-5-16-6-8-17(9-7-16)20-13-11-19(2)12-14-20/h3,5-9H,4,10-14H2,1-2H3,(H,18,21). The van der Waals surface area contributed by atoms with E-state index in [0.29, 0.717) is 6.54 Å². The summed E-state index contributed by atoms with van der Waals surface area (Å²) in [6, 6.07) is 8.70. The average Bonchev–Trinajstić information content (AvgIpc) is 2.48. The lowest BCUT2D eigenvalue weighted by Crippen LogP contribution is -2.44. The van der Waals surface area contributed by atoms with Gasteiger partial charge < -0.3 is 15.1 Å². The summed E-state index contributed by atoms with van der Waals surface area (Å²) in [7, 11) is 2.17. The molecule has 1 N–H and O–H groups in total. The van der Waals surface area contributed by atoms with Crippen LogP contribution in [0.4, 0.5) is 5.69 Å². The van der Waals surface area contributed by atoms with Crippen molar-refractivity contribution >= 4 is 17.7 Å². The number of amides is 1. The third-order valence-corrected chi connectivity index (χ3v) is 3.76. The van der Waals surface area contributed by atoms with Crippen molar-refractivity contribution in [1.82, 2.24) is 10.2 Å². The Balaban J connectivity index is 1.81. The SMILES string of the molecule is CC(=O)NCCC=Cc1ccc(N2CCN(C)CC2)cc1. The van der Waals surface area contributed by atoms with Crippen molar-refractivity contribution in [2.24, 2.45) is 0 Å². The second kappa shape index (κ2) is 7.84. The van der Waals surface area contributed by atoms with Crippen LogP contribution in [-0.4, -0.2) is 50.6 Å². The summed E-state index contributed by atoms with van der Waals surface area (Å²) in [4.78, 5) is 15.5. The molecule has 21 heavy (non-hydrogen) atoms. The summed E-state index contributed by atoms with van der Waals surface area (Å²) >= 11 is 0. The molecule has 1 aromatic carbocycles. The first-order valence-electron chi connectivity index (χ1n) is 7.60. The normalized spacial score (nSPS) is 16.4. The van der Waals surface area contributed by atoms with Gasteiger partial charge in [0.1, 0.15) is 0 Å². The van der Waals surface area contributed by atoms with Gasteiger partial charge in [0.05, 0.1) is 0 Å². The fraction of sp³-hybridized carbons (Fsp3) is 0.471. The fourth-order valence-corrected chi connectivity index (χ4v) is 2.41. The highest BCUT2D eigenvalue weighted by Crippen LogP contribution is 2.17. The van der Waals surface area contributed by atoms with Crippen LogP contribution in [0.15, 0.2) is 30.3 Å². The summed E-state index contributed by atoms with van der Waals surface area (Å²) in [5, 5.41) is 2.79. The average molecular weight is 287 g/mol. The number of hydrogen-bond acceptors (Lipinski definition) is 3. The number of nitrogens with one attached hydrogen (secondary N) is 1. The number of hydrogen-bond donors (Lipinski definition) is 1. The van der Waals surface area contributed by atoms with Crippen molar-refractivity contribution in [2.45, 2.75) is 13.3 Å². The number of likely N-dealkylation sites (N-methyl/N-ethyl adjacent to an activating group) is 1. The van der Waals surface area contributed by atoms with Gasteiger partial charge in [0.15, 0.2) is 0 Å². The number of anilines is 1. The van der Waals surface area contributed by atoms with Gasteiger partial charge >= 0.3 is 0 Å². The molecule has 0 aliphatic carbocycles. The van der Waals surface area contributed by atoms with Gasteiger partial charge in [-0.25, -0.2) is 0 Å². The molecule has 114 valence electrons. The zero-order valence-corrected chi connectivity index (χ0v) is 13.0. The Morgan fingerprint density at radius 1 is 1.19 bits per heavy atom. The van der Waals surface area contributed by atoms with Gasteiger partial charge in [-0.15, -0.1) is 0 Å². The van der Waals surface area contributed by atoms with E-state index in [1.807, 2.05) is 0 Å². The molecular weight excluding hydrogens is 262 g/mol. The van der Waals surface area contributed by atoms with Gasteiger partial charge in [-0.1, -0.05) is 24.3 Å². The minimum absolute atomic E-state index is 0.0277. The number of carbonyl (C=O) groups is 1. The van der Waals surface area contributed by atoms with Gasteiger partial charge in [-0.05, 0) is 31.2 Å². The smallest absolute Gasteiger partial charge is 0.216 e. The number of rotatable bonds is 5. The fourth-order valence-electron chi connectivity index (χ4n) is 2.41. The molecule has 1 heterocycles. The van der Waals surface area contributed by atoms with E-state index in [1.165, 1.54) is 11.3 Å². The molecule has 0 radical (unpaired) electrons. The molecular formula is C17H25N3O. The van der Waals surface area contributed by atoms with Crippen molar-refractivity contribution in [3.05, 3.63) is 35.9 Å². The Morgan fingerprint density at radius 3 is 2.48 bits per heavy atom. The first-order chi connectivity index (χ1) is 10.1. The third-order valence-electron chi connectivity index (χ3n) is 3.76. The van der Waals surface area contributed by atoms with Crippen LogP contribution in [0.5, 0.6) is 0 Å². The molecule has 0 atom stereocenters. The van der Waals surface area contributed by atoms with Crippen molar-refractivity contribution in [2.75, 3.05) is 44.7 Å². The summed E-state index contributed by atoms with van der Waals surface area (Å²) in [6.07, 6.45) is 5.07. The molecule has 1 aromatic rings. The van der Waals surface area contributed by atoms with Crippen LogP contribution < -0.4 is 10.2 Å². The topological polar surface area (TPSA) is 35.6 Å². The van der Waals surface area contributed by atoms with E-state index >= 15 is 0 Å². The molecule has 1 fully saturated rings. The monoisotopic (exact) mass is 287 g/mol. The van der Waals surface area contributed by atoms with E-state index in [-0.39, 0.29) is 5.91 Å². The third kappa shape index (κ3) is 5.23. The Kier molecular flexibility index (Phi) is 5.81.